The van der Waals surface area contributed by atoms with Gasteiger partial charge in [0.15, 0.2) is 0 Å². The first-order valence-corrected chi connectivity index (χ1v) is 10.4. The maximum Gasteiger partial charge on any atom is 0.337 e. The summed E-state index contributed by atoms with van der Waals surface area (Å²) in [6, 6.07) is 5.46. The lowest BCUT2D eigenvalue weighted by atomic mass is 10.2. The van der Waals surface area contributed by atoms with Gasteiger partial charge in [-0.3, -0.25) is 0 Å². The van der Waals surface area contributed by atoms with Gasteiger partial charge >= 0.3 is 5.97 Å². The summed E-state index contributed by atoms with van der Waals surface area (Å²) in [5.41, 5.74) is 0.260. The predicted molar refractivity (Wildman–Crippen MR) is 87.6 cm³/mol. The van der Waals surface area contributed by atoms with E-state index in [0.717, 1.165) is 0 Å². The zero-order valence-corrected chi connectivity index (χ0v) is 15.1. The number of methoxy groups -OCH3 is 1. The van der Waals surface area contributed by atoms with Gasteiger partial charge in [-0.15, -0.1) is 0 Å². The van der Waals surface area contributed by atoms with Crippen molar-refractivity contribution in [2.45, 2.75) is 11.8 Å². The minimum atomic E-state index is -3.73. The van der Waals surface area contributed by atoms with Crippen molar-refractivity contribution in [1.82, 2.24) is 8.61 Å². The summed E-state index contributed by atoms with van der Waals surface area (Å²) in [5, 5.41) is 0. The van der Waals surface area contributed by atoms with Crippen molar-refractivity contribution < 1.29 is 26.4 Å². The molecule has 1 aromatic rings. The highest BCUT2D eigenvalue weighted by Gasteiger charge is 2.32. The Balaban J connectivity index is 2.13. The number of hydrogen-bond donors (Lipinski definition) is 0. The van der Waals surface area contributed by atoms with Crippen LogP contribution in [-0.4, -0.2) is 70.5 Å². The molecule has 134 valence electrons. The Morgan fingerprint density at radius 3 is 1.96 bits per heavy atom. The van der Waals surface area contributed by atoms with Crippen LogP contribution in [0, 0.1) is 0 Å². The van der Waals surface area contributed by atoms with Crippen molar-refractivity contribution in [1.29, 1.82) is 0 Å². The Morgan fingerprint density at radius 1 is 1.00 bits per heavy atom. The van der Waals surface area contributed by atoms with Crippen LogP contribution < -0.4 is 0 Å². The first-order chi connectivity index (χ1) is 11.2. The molecule has 1 heterocycles. The van der Waals surface area contributed by atoms with E-state index >= 15 is 0 Å². The van der Waals surface area contributed by atoms with E-state index in [4.69, 9.17) is 0 Å². The van der Waals surface area contributed by atoms with E-state index in [2.05, 4.69) is 4.74 Å². The normalized spacial score (nSPS) is 17.6. The van der Waals surface area contributed by atoms with Crippen molar-refractivity contribution in [3.8, 4) is 0 Å². The third kappa shape index (κ3) is 3.77. The maximum atomic E-state index is 12.6. The largest absolute Gasteiger partial charge is 0.465 e. The SMILES string of the molecule is CCS(=O)(=O)N1CCN(S(=O)(=O)c2ccc(C(=O)OC)cc2)CC1. The Hall–Kier alpha value is -1.49. The number of carbonyl (C=O) groups excluding carboxylic acids is 1. The third-order valence-electron chi connectivity index (χ3n) is 3.87. The molecule has 0 unspecified atom stereocenters. The Kier molecular flexibility index (Phi) is 5.63. The molecule has 10 heteroatoms. The fourth-order valence-electron chi connectivity index (χ4n) is 2.40. The lowest BCUT2D eigenvalue weighted by Gasteiger charge is -2.33. The van der Waals surface area contributed by atoms with Crippen LogP contribution in [0.25, 0.3) is 0 Å². The molecule has 0 aromatic heterocycles. The van der Waals surface area contributed by atoms with Crippen LogP contribution >= 0.6 is 0 Å². The molecule has 2 rings (SSSR count). The smallest absolute Gasteiger partial charge is 0.337 e. The molecule has 1 aliphatic rings. The summed E-state index contributed by atoms with van der Waals surface area (Å²) < 4.78 is 56.0. The van der Waals surface area contributed by atoms with Crippen molar-refractivity contribution in [2.24, 2.45) is 0 Å². The van der Waals surface area contributed by atoms with Crippen LogP contribution in [0.3, 0.4) is 0 Å². The molecule has 0 atom stereocenters. The van der Waals surface area contributed by atoms with Crippen molar-refractivity contribution in [2.75, 3.05) is 39.0 Å². The monoisotopic (exact) mass is 376 g/mol. The van der Waals surface area contributed by atoms with Gasteiger partial charge in [0, 0.05) is 26.2 Å². The molecular weight excluding hydrogens is 356 g/mol. The van der Waals surface area contributed by atoms with E-state index in [9.17, 15) is 21.6 Å². The van der Waals surface area contributed by atoms with Gasteiger partial charge in [0.05, 0.1) is 23.3 Å². The van der Waals surface area contributed by atoms with Crippen LogP contribution in [-0.2, 0) is 24.8 Å². The van der Waals surface area contributed by atoms with Gasteiger partial charge in [0.2, 0.25) is 20.0 Å². The number of piperazine rings is 1. The van der Waals surface area contributed by atoms with Crippen molar-refractivity contribution in [3.05, 3.63) is 29.8 Å². The second-order valence-corrected chi connectivity index (χ2v) is 9.42. The first kappa shape index (κ1) is 18.8. The molecule has 0 radical (unpaired) electrons. The molecule has 0 spiro atoms. The number of esters is 1. The lowest BCUT2D eigenvalue weighted by Crippen LogP contribution is -2.50. The highest BCUT2D eigenvalue weighted by atomic mass is 32.2. The van der Waals surface area contributed by atoms with Crippen LogP contribution in [0.15, 0.2) is 29.2 Å². The lowest BCUT2D eigenvalue weighted by molar-refractivity contribution is 0.0600. The van der Waals surface area contributed by atoms with E-state index in [1.54, 1.807) is 6.92 Å². The summed E-state index contributed by atoms with van der Waals surface area (Å²) in [7, 11) is -5.79. The van der Waals surface area contributed by atoms with Crippen LogP contribution in [0.1, 0.15) is 17.3 Å². The zero-order valence-electron chi connectivity index (χ0n) is 13.5. The number of sulfonamides is 2. The summed E-state index contributed by atoms with van der Waals surface area (Å²) >= 11 is 0. The predicted octanol–water partition coefficient (Wildman–Crippen LogP) is 0.129. The molecular formula is C14H20N2O6S2. The molecule has 1 aliphatic heterocycles. The highest BCUT2D eigenvalue weighted by molar-refractivity contribution is 7.89. The maximum absolute atomic E-state index is 12.6. The Bertz CT molecular complexity index is 794. The van der Waals surface area contributed by atoms with Gasteiger partial charge in [-0.1, -0.05) is 0 Å². The molecule has 0 saturated carbocycles. The number of hydrogen-bond acceptors (Lipinski definition) is 6. The molecule has 0 bridgehead atoms. The van der Waals surface area contributed by atoms with Gasteiger partial charge in [0.1, 0.15) is 0 Å². The molecule has 0 amide bonds. The van der Waals surface area contributed by atoms with Gasteiger partial charge in [0.25, 0.3) is 0 Å². The molecule has 0 aliphatic carbocycles. The topological polar surface area (TPSA) is 101 Å². The molecule has 1 saturated heterocycles. The van der Waals surface area contributed by atoms with E-state index < -0.39 is 26.0 Å². The van der Waals surface area contributed by atoms with E-state index in [1.165, 1.54) is 40.0 Å². The number of rotatable bonds is 5. The number of benzene rings is 1. The van der Waals surface area contributed by atoms with Crippen LogP contribution in [0.4, 0.5) is 0 Å². The van der Waals surface area contributed by atoms with Crippen molar-refractivity contribution >= 4 is 26.0 Å². The third-order valence-corrected chi connectivity index (χ3v) is 7.66. The second-order valence-electron chi connectivity index (χ2n) is 5.22. The number of nitrogens with zero attached hydrogens (tertiary/aromatic N) is 2. The summed E-state index contributed by atoms with van der Waals surface area (Å²) in [4.78, 5) is 11.4. The molecule has 1 fully saturated rings. The van der Waals surface area contributed by atoms with Crippen LogP contribution in [0.2, 0.25) is 0 Å². The van der Waals surface area contributed by atoms with Gasteiger partial charge in [-0.25, -0.2) is 21.6 Å². The van der Waals surface area contributed by atoms with Gasteiger partial charge in [-0.2, -0.15) is 8.61 Å². The molecule has 0 N–H and O–H groups in total. The molecule has 1 aromatic carbocycles. The fourth-order valence-corrected chi connectivity index (χ4v) is 4.91. The standard InChI is InChI=1S/C14H20N2O6S2/c1-3-23(18,19)15-8-10-16(11-9-15)24(20,21)13-6-4-12(5-7-13)14(17)22-2/h4-7H,3,8-11H2,1-2H3. The Labute approximate surface area is 142 Å². The summed E-state index contributed by atoms with van der Waals surface area (Å²) in [6.07, 6.45) is 0. The average molecular weight is 376 g/mol. The second kappa shape index (κ2) is 7.18. The number of carbonyl (C=O) groups is 1. The van der Waals surface area contributed by atoms with Gasteiger partial charge in [-0.05, 0) is 31.2 Å². The molecule has 24 heavy (non-hydrogen) atoms. The van der Waals surface area contributed by atoms with E-state index in [1.807, 2.05) is 0 Å². The quantitative estimate of drug-likeness (QED) is 0.677. The van der Waals surface area contributed by atoms with E-state index in [-0.39, 0.29) is 42.4 Å². The van der Waals surface area contributed by atoms with Gasteiger partial charge < -0.3 is 4.74 Å². The highest BCUT2D eigenvalue weighted by Crippen LogP contribution is 2.19. The van der Waals surface area contributed by atoms with E-state index in [0.29, 0.717) is 0 Å². The number of ether oxygens (including phenoxy) is 1. The zero-order chi connectivity index (χ0) is 18.0. The molecule has 8 nitrogen and oxygen atoms in total. The minimum absolute atomic E-state index is 0.00522. The van der Waals surface area contributed by atoms with Crippen LogP contribution in [0.5, 0.6) is 0 Å². The summed E-state index contributed by atoms with van der Waals surface area (Å²) in [6.45, 7) is 2.02. The average Bonchev–Trinajstić information content (AvgIpc) is 2.61. The van der Waals surface area contributed by atoms with Crippen molar-refractivity contribution in [3.63, 3.8) is 0 Å². The Morgan fingerprint density at radius 2 is 1.50 bits per heavy atom. The fraction of sp³-hybridized carbons (Fsp3) is 0.500. The summed E-state index contributed by atoms with van der Waals surface area (Å²) in [5.74, 6) is -0.549. The first-order valence-electron chi connectivity index (χ1n) is 7.38. The minimum Gasteiger partial charge on any atom is -0.465 e.